The van der Waals surface area contributed by atoms with Crippen molar-refractivity contribution >= 4 is 0 Å². The molecule has 636 valence electrons. The van der Waals surface area contributed by atoms with Crippen molar-refractivity contribution in [1.82, 2.24) is 39.2 Å². The molecule has 1 saturated carbocycles. The third-order valence-electron chi connectivity index (χ3n) is 25.2. The van der Waals surface area contributed by atoms with Crippen molar-refractivity contribution in [3.05, 3.63) is 93.0 Å². The van der Waals surface area contributed by atoms with Gasteiger partial charge >= 0.3 is 6.18 Å². The van der Waals surface area contributed by atoms with Crippen LogP contribution in [0.1, 0.15) is 236 Å². The molecule has 4 aromatic rings. The number of benzene rings is 4. The Morgan fingerprint density at radius 1 is 0.354 bits per heavy atom. The maximum Gasteiger partial charge on any atom is 0.389 e. The van der Waals surface area contributed by atoms with Crippen LogP contribution in [-0.2, 0) is 30.4 Å². The van der Waals surface area contributed by atoms with Crippen molar-refractivity contribution in [2.45, 2.75) is 247 Å². The number of hydrogen-bond acceptors (Lipinski definition) is 17. The highest BCUT2D eigenvalue weighted by molar-refractivity contribution is 5.53. The first kappa shape index (κ1) is 90.0. The quantitative estimate of drug-likeness (QED) is 0.0620. The van der Waals surface area contributed by atoms with Gasteiger partial charge in [-0.1, -0.05) is 103 Å². The lowest BCUT2D eigenvalue weighted by Crippen LogP contribution is -2.55. The molecular formula is C93H149F3N8O9. The number of rotatable bonds is 24. The fourth-order valence-electron chi connectivity index (χ4n) is 18.9. The second-order valence-electron chi connectivity index (χ2n) is 39.4. The van der Waals surface area contributed by atoms with Crippen LogP contribution in [0.25, 0.3) is 0 Å². The van der Waals surface area contributed by atoms with E-state index in [1.165, 1.54) is 96.0 Å². The van der Waals surface area contributed by atoms with E-state index in [1.807, 2.05) is 6.07 Å². The molecule has 8 heterocycles. The molecule has 17 nitrogen and oxygen atoms in total. The zero-order valence-electron chi connectivity index (χ0n) is 74.0. The molecule has 0 unspecified atom stereocenters. The van der Waals surface area contributed by atoms with E-state index in [0.29, 0.717) is 101 Å². The minimum atomic E-state index is -4.10. The summed E-state index contributed by atoms with van der Waals surface area (Å²) < 4.78 is 88.6. The molecule has 0 spiro atoms. The molecule has 0 N–H and O–H groups in total. The molecule has 9 aliphatic rings. The summed E-state index contributed by atoms with van der Waals surface area (Å²) in [5, 5.41) is 0. The Hall–Kier alpha value is -5.29. The minimum absolute atomic E-state index is 0.0792. The molecule has 5 fully saturated rings. The number of halogens is 3. The molecule has 8 atom stereocenters. The smallest absolute Gasteiger partial charge is 0.389 e. The van der Waals surface area contributed by atoms with Gasteiger partial charge in [0, 0.05) is 140 Å². The number of alkyl halides is 3. The molecule has 0 bridgehead atoms. The van der Waals surface area contributed by atoms with Crippen LogP contribution in [0.4, 0.5) is 13.2 Å². The Morgan fingerprint density at radius 3 is 0.903 bits per heavy atom. The molecular weight excluding hydrogens is 1430 g/mol. The predicted octanol–water partition coefficient (Wildman–Crippen LogP) is 17.9. The summed E-state index contributed by atoms with van der Waals surface area (Å²) in [5.41, 5.74) is 12.5. The normalized spacial score (nSPS) is 24.0. The van der Waals surface area contributed by atoms with Gasteiger partial charge in [-0.3, -0.25) is 19.6 Å². The Bertz CT molecular complexity index is 3550. The molecule has 4 aromatic carbocycles. The highest BCUT2D eigenvalue weighted by Crippen LogP contribution is 2.47. The third-order valence-corrected chi connectivity index (χ3v) is 25.2. The Morgan fingerprint density at radius 2 is 0.646 bits per heavy atom. The Kier molecular flexibility index (Phi) is 31.5. The number of unbranched alkanes of at least 4 members (excludes halogenated alkanes) is 2. The van der Waals surface area contributed by atoms with E-state index in [2.05, 4.69) is 200 Å². The van der Waals surface area contributed by atoms with Gasteiger partial charge in [-0.15, -0.1) is 0 Å². The topological polar surface area (TPSA) is 109 Å². The number of hydrogen-bond donors (Lipinski definition) is 0. The number of ether oxygens (including phenoxy) is 9. The van der Waals surface area contributed by atoms with Crippen LogP contribution >= 0.6 is 0 Å². The van der Waals surface area contributed by atoms with Crippen LogP contribution in [0.3, 0.4) is 0 Å². The van der Waals surface area contributed by atoms with Gasteiger partial charge in [0.15, 0.2) is 46.0 Å². The highest BCUT2D eigenvalue weighted by Gasteiger charge is 2.43. The van der Waals surface area contributed by atoms with Crippen LogP contribution in [0.2, 0.25) is 0 Å². The number of likely N-dealkylation sites (N-methyl/N-ethyl adjacent to an activating group) is 4. The zero-order valence-corrected chi connectivity index (χ0v) is 74.0. The van der Waals surface area contributed by atoms with E-state index in [-0.39, 0.29) is 13.0 Å². The van der Waals surface area contributed by atoms with Gasteiger partial charge in [-0.25, -0.2) is 0 Å². The number of piperazine rings is 4. The first-order valence-electron chi connectivity index (χ1n) is 43.1. The average Bonchev–Trinajstić information content (AvgIpc) is 0.781. The lowest BCUT2D eigenvalue weighted by molar-refractivity contribution is -0.135. The van der Waals surface area contributed by atoms with Gasteiger partial charge in [0.05, 0.1) is 54.9 Å². The standard InChI is InChI=1S/C24H37F3N2O2.C24H38N2O2.C23H38N2O2.C22H36N2O3/c1-23(2,3)14-18-15-29-10-8-17-12-22(31-11-7-6-9-24(25,26)27)21(30-5)13-19(17)20(29)16-28(18)4;1-24(2,3)13-19-14-26-10-9-18-11-23(28-16-17-7-6-8-17)22(27-5)12-20(18)21(26)15-25(19)4;1-7-8-11-27-22-12-17-9-10-25-15-18(14-23(2,3)4)24(5)16-20(25)19(17)13-21(22)26-6;1-22(2,3)13-17-14-24-8-7-16-11-21(27-10-9-25-5)20(26-6)12-18(16)19(24)15-23(17)4/h12-13,18,20H,6-11,14-16H2,1-5H3;11-12,17,19,21H,6-10,13-16H2,1-5H3;12-13,18,20H,7-11,14-16H2,1-6H3;11-12,17,19H,7-10,13-15H2,1-6H3/t18-,20-;19-,21-;18-,20-;17-,19-/m1111/s1. The summed E-state index contributed by atoms with van der Waals surface area (Å²) in [7, 11) is 17.6. The number of fused-ring (bicyclic) bond motifs is 12. The van der Waals surface area contributed by atoms with Crippen LogP contribution in [-0.4, -0.2) is 245 Å². The molecule has 4 saturated heterocycles. The summed E-state index contributed by atoms with van der Waals surface area (Å²) in [6.45, 7) is 46.4. The molecule has 0 radical (unpaired) electrons. The van der Waals surface area contributed by atoms with Crippen molar-refractivity contribution in [3.63, 3.8) is 0 Å². The van der Waals surface area contributed by atoms with Gasteiger partial charge in [0.2, 0.25) is 0 Å². The van der Waals surface area contributed by atoms with E-state index >= 15 is 0 Å². The monoisotopic (exact) mass is 1580 g/mol. The second kappa shape index (κ2) is 39.5. The van der Waals surface area contributed by atoms with E-state index < -0.39 is 12.6 Å². The van der Waals surface area contributed by atoms with Gasteiger partial charge in [0.25, 0.3) is 0 Å². The summed E-state index contributed by atoms with van der Waals surface area (Å²) in [6.07, 6.45) is 10.9. The molecule has 20 heteroatoms. The van der Waals surface area contributed by atoms with E-state index in [1.54, 1.807) is 35.5 Å². The summed E-state index contributed by atoms with van der Waals surface area (Å²) in [4.78, 5) is 20.8. The van der Waals surface area contributed by atoms with E-state index in [9.17, 15) is 13.2 Å². The van der Waals surface area contributed by atoms with E-state index in [0.717, 1.165) is 164 Å². The third kappa shape index (κ3) is 24.9. The second-order valence-corrected chi connectivity index (χ2v) is 39.4. The maximum atomic E-state index is 12.3. The first-order valence-corrected chi connectivity index (χ1v) is 43.1. The fraction of sp³-hybridized carbons (Fsp3) is 0.742. The molecule has 8 aliphatic heterocycles. The van der Waals surface area contributed by atoms with Crippen molar-refractivity contribution in [1.29, 1.82) is 0 Å². The SMILES string of the molecule is CCCCOc1cc2c(cc1OC)[C@H]1CN(C)[C@H](CC(C)(C)C)CN1CC2.COCCOc1cc2c(cc1OC)[C@H]1CN(C)[C@H](CC(C)(C)C)CN1CC2.COc1cc2c(cc1OCC1CCC1)CCN1C[C@@H](CC(C)(C)C)N(C)C[C@H]21.COc1cc2c(cc1OCCCCC(F)(F)F)CCN1C[C@@H](CC(C)(C)C)N(C)C[C@H]21. The van der Waals surface area contributed by atoms with Gasteiger partial charge in [-0.2, -0.15) is 13.2 Å². The van der Waals surface area contributed by atoms with Crippen LogP contribution in [0.15, 0.2) is 48.5 Å². The molecule has 1 aliphatic carbocycles. The van der Waals surface area contributed by atoms with Crippen LogP contribution < -0.4 is 37.9 Å². The lowest BCUT2D eigenvalue weighted by Gasteiger charge is -2.49. The summed E-state index contributed by atoms with van der Waals surface area (Å²) >= 11 is 0. The van der Waals surface area contributed by atoms with E-state index in [4.69, 9.17) is 42.6 Å². The largest absolute Gasteiger partial charge is 0.493 e. The first-order chi connectivity index (χ1) is 53.4. The number of nitrogens with zero attached hydrogens (tertiary/aromatic N) is 8. The summed E-state index contributed by atoms with van der Waals surface area (Å²) in [6, 6.07) is 21.7. The van der Waals surface area contributed by atoms with Gasteiger partial charge in [-0.05, 0) is 232 Å². The minimum Gasteiger partial charge on any atom is -0.493 e. The molecule has 13 rings (SSSR count). The van der Waals surface area contributed by atoms with Crippen LogP contribution in [0.5, 0.6) is 46.0 Å². The predicted molar refractivity (Wildman–Crippen MR) is 452 cm³/mol. The molecule has 0 aromatic heterocycles. The lowest BCUT2D eigenvalue weighted by atomic mass is 9.83. The van der Waals surface area contributed by atoms with Crippen molar-refractivity contribution < 1.29 is 55.8 Å². The van der Waals surface area contributed by atoms with Gasteiger partial charge in [0.1, 0.15) is 6.61 Å². The summed E-state index contributed by atoms with van der Waals surface area (Å²) in [5.74, 6) is 7.33. The maximum absolute atomic E-state index is 12.3. The zero-order chi connectivity index (χ0) is 81.9. The Labute approximate surface area is 680 Å². The highest BCUT2D eigenvalue weighted by atomic mass is 19.4. The van der Waals surface area contributed by atoms with Crippen LogP contribution in [0, 0.1) is 27.6 Å². The van der Waals surface area contributed by atoms with Crippen molar-refractivity contribution in [2.24, 2.45) is 27.6 Å². The average molecular weight is 1580 g/mol. The number of methoxy groups -OCH3 is 5. The Balaban J connectivity index is 0.000000160. The molecule has 0 amide bonds. The van der Waals surface area contributed by atoms with Gasteiger partial charge < -0.3 is 62.2 Å². The van der Waals surface area contributed by atoms with Crippen molar-refractivity contribution in [3.8, 4) is 46.0 Å². The fourth-order valence-corrected chi connectivity index (χ4v) is 18.9. The van der Waals surface area contributed by atoms with Crippen molar-refractivity contribution in [2.75, 3.05) is 175 Å². The molecule has 113 heavy (non-hydrogen) atoms.